The van der Waals surface area contributed by atoms with Gasteiger partial charge in [0.2, 0.25) is 0 Å². The van der Waals surface area contributed by atoms with Crippen molar-refractivity contribution in [2.24, 2.45) is 0 Å². The number of carbonyl (C=O) groups is 1. The molecule has 1 unspecified atom stereocenters. The van der Waals surface area contributed by atoms with Gasteiger partial charge in [-0.25, -0.2) is 0 Å². The van der Waals surface area contributed by atoms with E-state index in [2.05, 4.69) is 25.1 Å². The zero-order valence-corrected chi connectivity index (χ0v) is 17.3. The Morgan fingerprint density at radius 3 is 2.67 bits per heavy atom. The van der Waals surface area contributed by atoms with Gasteiger partial charge in [-0.3, -0.25) is 9.69 Å². The monoisotopic (exact) mass is 397 g/mol. The minimum Gasteiger partial charge on any atom is -0.334 e. The Kier molecular flexibility index (Phi) is 5.59. The normalized spacial score (nSPS) is 22.9. The van der Waals surface area contributed by atoms with Crippen LogP contribution in [0.3, 0.4) is 0 Å². The van der Waals surface area contributed by atoms with Crippen molar-refractivity contribution >= 4 is 26.5 Å². The average Bonchev–Trinajstić information content (AvgIpc) is 3.43. The van der Waals surface area contributed by atoms with E-state index < -0.39 is 0 Å². The second-order valence-corrected chi connectivity index (χ2v) is 9.07. The molecule has 4 rings (SSSR count). The summed E-state index contributed by atoms with van der Waals surface area (Å²) < 4.78 is 0. The van der Waals surface area contributed by atoms with E-state index in [1.165, 1.54) is 12.8 Å². The summed E-state index contributed by atoms with van der Waals surface area (Å²) in [7, 11) is 2.95. The van der Waals surface area contributed by atoms with Gasteiger partial charge in [0, 0.05) is 40.7 Å². The third-order valence-corrected chi connectivity index (χ3v) is 7.38. The molecule has 0 radical (unpaired) electrons. The van der Waals surface area contributed by atoms with Gasteiger partial charge in [0.1, 0.15) is 6.07 Å². The Morgan fingerprint density at radius 2 is 2.00 bits per heavy atom. The maximum atomic E-state index is 13.1. The number of hydrogen-bond donors (Lipinski definition) is 0. The van der Waals surface area contributed by atoms with E-state index in [4.69, 9.17) is 5.26 Å². The predicted octanol–water partition coefficient (Wildman–Crippen LogP) is 4.19. The molecule has 0 aliphatic carbocycles. The maximum absolute atomic E-state index is 13.1. The molecule has 4 nitrogen and oxygen atoms in total. The second-order valence-electron chi connectivity index (χ2n) is 7.39. The number of benzene rings is 1. The quantitative estimate of drug-likeness (QED) is 0.727. The number of likely N-dealkylation sites (tertiary alicyclic amines) is 2. The molecule has 0 spiro atoms. The van der Waals surface area contributed by atoms with Crippen LogP contribution in [-0.4, -0.2) is 47.2 Å². The lowest BCUT2D eigenvalue weighted by molar-refractivity contribution is 0.0705. The van der Waals surface area contributed by atoms with E-state index in [9.17, 15) is 4.79 Å². The van der Waals surface area contributed by atoms with Crippen LogP contribution >= 0.6 is 20.6 Å². The van der Waals surface area contributed by atoms with Gasteiger partial charge in [0.25, 0.3) is 5.91 Å². The molecule has 0 bridgehead atoms. The number of amides is 1. The minimum atomic E-state index is 0.146. The van der Waals surface area contributed by atoms with Crippen LogP contribution in [0.1, 0.15) is 41.6 Å². The summed E-state index contributed by atoms with van der Waals surface area (Å²) in [4.78, 5) is 18.7. The van der Waals surface area contributed by atoms with Gasteiger partial charge in [0.15, 0.2) is 0 Å². The fourth-order valence-corrected chi connectivity index (χ4v) is 5.48. The zero-order valence-electron chi connectivity index (χ0n) is 15.3. The summed E-state index contributed by atoms with van der Waals surface area (Å²) >= 11 is 1.56. The third-order valence-electron chi connectivity index (χ3n) is 5.64. The molecule has 1 aromatic heterocycles. The van der Waals surface area contributed by atoms with Crippen molar-refractivity contribution in [3.8, 4) is 16.5 Å². The van der Waals surface area contributed by atoms with E-state index in [1.54, 1.807) is 11.3 Å². The Morgan fingerprint density at radius 1 is 1.22 bits per heavy atom. The summed E-state index contributed by atoms with van der Waals surface area (Å²) in [6.07, 6.45) is 4.69. The molecule has 2 saturated heterocycles. The molecular formula is C21H24N3OPS. The molecule has 2 aromatic rings. The highest BCUT2D eigenvalue weighted by molar-refractivity contribution is 7.17. The first-order valence-electron chi connectivity index (χ1n) is 9.55. The van der Waals surface area contributed by atoms with Gasteiger partial charge in [-0.15, -0.1) is 20.6 Å². The van der Waals surface area contributed by atoms with E-state index in [-0.39, 0.29) is 5.91 Å². The molecule has 1 aromatic carbocycles. The van der Waals surface area contributed by atoms with E-state index in [1.807, 2.05) is 35.7 Å². The lowest BCUT2D eigenvalue weighted by Gasteiger charge is -2.30. The molecule has 3 heterocycles. The van der Waals surface area contributed by atoms with Crippen molar-refractivity contribution in [1.82, 2.24) is 9.80 Å². The first-order chi connectivity index (χ1) is 13.2. The lowest BCUT2D eigenvalue weighted by Crippen LogP contribution is -2.43. The number of nitrogens with zero attached hydrogens (tertiary/aromatic N) is 3. The highest BCUT2D eigenvalue weighted by Gasteiger charge is 2.33. The SMILES string of the molecule is N#Cc1csc(-c2ccc(C(=O)N3CCC[C@H]3CN3CCC[C@H]3P)cc2)c1. The van der Waals surface area contributed by atoms with Gasteiger partial charge in [-0.2, -0.15) is 5.26 Å². The predicted molar refractivity (Wildman–Crippen MR) is 113 cm³/mol. The molecule has 0 saturated carbocycles. The van der Waals surface area contributed by atoms with Gasteiger partial charge in [-0.1, -0.05) is 12.1 Å². The Balaban J connectivity index is 1.46. The van der Waals surface area contributed by atoms with Crippen LogP contribution in [-0.2, 0) is 0 Å². The Labute approximate surface area is 167 Å². The van der Waals surface area contributed by atoms with Gasteiger partial charge in [-0.05, 0) is 56.0 Å². The molecule has 2 aliphatic heterocycles. The fraction of sp³-hybridized carbons (Fsp3) is 0.429. The maximum Gasteiger partial charge on any atom is 0.254 e. The summed E-state index contributed by atoms with van der Waals surface area (Å²) in [5.41, 5.74) is 2.50. The van der Waals surface area contributed by atoms with Crippen LogP contribution in [0.15, 0.2) is 35.7 Å². The van der Waals surface area contributed by atoms with E-state index in [0.717, 1.165) is 48.5 Å². The van der Waals surface area contributed by atoms with Crippen molar-refractivity contribution in [3.63, 3.8) is 0 Å². The fourth-order valence-electron chi connectivity index (χ4n) is 4.13. The van der Waals surface area contributed by atoms with Crippen molar-refractivity contribution in [3.05, 3.63) is 46.8 Å². The van der Waals surface area contributed by atoms with Crippen molar-refractivity contribution in [2.45, 2.75) is 37.5 Å². The zero-order chi connectivity index (χ0) is 18.8. The summed E-state index contributed by atoms with van der Waals surface area (Å²) in [5.74, 6) is 0.707. The Hall–Kier alpha value is -1.73. The van der Waals surface area contributed by atoms with Crippen LogP contribution in [0.4, 0.5) is 0 Å². The van der Waals surface area contributed by atoms with Crippen LogP contribution in [0.5, 0.6) is 0 Å². The topological polar surface area (TPSA) is 47.3 Å². The number of carbonyl (C=O) groups excluding carboxylic acids is 1. The number of rotatable bonds is 4. The molecule has 2 fully saturated rings. The molecule has 140 valence electrons. The molecule has 0 N–H and O–H groups in total. The molecule has 6 heteroatoms. The molecule has 27 heavy (non-hydrogen) atoms. The second kappa shape index (κ2) is 8.10. The first-order valence-corrected chi connectivity index (χ1v) is 11.1. The van der Waals surface area contributed by atoms with Gasteiger partial charge < -0.3 is 4.90 Å². The Bertz CT molecular complexity index is 857. The third kappa shape index (κ3) is 3.94. The highest BCUT2D eigenvalue weighted by Crippen LogP contribution is 2.29. The van der Waals surface area contributed by atoms with Crippen LogP contribution < -0.4 is 0 Å². The van der Waals surface area contributed by atoms with Crippen molar-refractivity contribution in [2.75, 3.05) is 19.6 Å². The number of nitriles is 1. The number of hydrogen-bond acceptors (Lipinski definition) is 4. The first kappa shape index (κ1) is 18.6. The summed E-state index contributed by atoms with van der Waals surface area (Å²) in [6.45, 7) is 2.99. The van der Waals surface area contributed by atoms with E-state index in [0.29, 0.717) is 17.4 Å². The largest absolute Gasteiger partial charge is 0.334 e. The van der Waals surface area contributed by atoms with Crippen molar-refractivity contribution in [1.29, 1.82) is 5.26 Å². The lowest BCUT2D eigenvalue weighted by atomic mass is 10.1. The van der Waals surface area contributed by atoms with Crippen LogP contribution in [0, 0.1) is 11.3 Å². The standard InChI is InChI=1S/C21H24N3OPS/c22-12-15-11-19(27-14-15)16-5-7-17(8-6-16)21(25)24-10-1-3-18(24)13-23-9-2-4-20(23)26/h5-8,11,14,18,20H,1-4,9-10,13,26H2/t18-,20+/m0/s1. The number of thiophene rings is 1. The molecular weight excluding hydrogens is 373 g/mol. The highest BCUT2D eigenvalue weighted by atomic mass is 32.1. The van der Waals surface area contributed by atoms with Gasteiger partial charge >= 0.3 is 0 Å². The molecule has 3 atom stereocenters. The molecule has 2 aliphatic rings. The average molecular weight is 397 g/mol. The summed E-state index contributed by atoms with van der Waals surface area (Å²) in [5, 5.41) is 10.8. The van der Waals surface area contributed by atoms with Crippen LogP contribution in [0.25, 0.3) is 10.4 Å². The minimum absolute atomic E-state index is 0.146. The van der Waals surface area contributed by atoms with Gasteiger partial charge in [0.05, 0.1) is 5.56 Å². The summed E-state index contributed by atoms with van der Waals surface area (Å²) in [6, 6.07) is 12.2. The van der Waals surface area contributed by atoms with E-state index >= 15 is 0 Å². The van der Waals surface area contributed by atoms with Crippen molar-refractivity contribution < 1.29 is 4.79 Å². The molecule has 1 amide bonds. The van der Waals surface area contributed by atoms with Crippen LogP contribution in [0.2, 0.25) is 0 Å². The smallest absolute Gasteiger partial charge is 0.254 e.